The van der Waals surface area contributed by atoms with Gasteiger partial charge in [-0.1, -0.05) is 11.8 Å². The largest absolute Gasteiger partial charge is 0.365 e. The highest BCUT2D eigenvalue weighted by molar-refractivity contribution is 7.66. The first-order valence-corrected chi connectivity index (χ1v) is 13.4. The Kier molecular flexibility index (Phi) is 6.62. The number of allylic oxidation sites excluding steroid dienone is 1. The van der Waals surface area contributed by atoms with Gasteiger partial charge in [0.05, 0.1) is 0 Å². The summed E-state index contributed by atoms with van der Waals surface area (Å²) >= 11 is 33.6. The lowest BCUT2D eigenvalue weighted by Gasteiger charge is -2.04. The minimum Gasteiger partial charge on any atom is -0.126 e. The molecule has 8 heteroatoms. The molecule has 0 saturated carbocycles. The van der Waals surface area contributed by atoms with E-state index in [9.17, 15) is 0 Å². The minimum absolute atomic E-state index is 0.559. The van der Waals surface area contributed by atoms with Gasteiger partial charge in [0.1, 0.15) is 0 Å². The van der Waals surface area contributed by atoms with Crippen molar-refractivity contribution in [1.29, 1.82) is 0 Å². The molecule has 0 bridgehead atoms. The van der Waals surface area contributed by atoms with Crippen molar-refractivity contribution >= 4 is 78.5 Å². The summed E-state index contributed by atoms with van der Waals surface area (Å²) in [5.41, 5.74) is 1.59. The second kappa shape index (κ2) is 5.71. The normalized spacial score (nSPS) is 14.2. The van der Waals surface area contributed by atoms with Gasteiger partial charge < -0.3 is 0 Å². The monoisotopic (exact) mass is 320 g/mol. The first-order valence-electron chi connectivity index (χ1n) is 3.02. The first kappa shape index (κ1) is 13.9. The van der Waals surface area contributed by atoms with Gasteiger partial charge >= 0.3 is 12.0 Å². The lowest BCUT2D eigenvalue weighted by Crippen LogP contribution is -2.08. The van der Waals surface area contributed by atoms with Crippen molar-refractivity contribution in [2.75, 3.05) is 0 Å². The van der Waals surface area contributed by atoms with Crippen LogP contribution >= 0.6 is 66.5 Å². The fraction of sp³-hybridized carbons (Fsp3) is 0.500. The fourth-order valence-electron chi connectivity index (χ4n) is 0.464. The van der Waals surface area contributed by atoms with Gasteiger partial charge in [-0.15, -0.1) is 66.5 Å². The minimum atomic E-state index is -2.63. The van der Waals surface area contributed by atoms with Gasteiger partial charge in [0.25, 0.3) is 0 Å². The van der Waals surface area contributed by atoms with Crippen molar-refractivity contribution in [3.05, 3.63) is 11.8 Å². The smallest absolute Gasteiger partial charge is 0.126 e. The molecule has 0 atom stereocenters. The SMILES string of the molecule is Cl[Si](Cl)(Cl)/C=C/CC[Si](Cl)(Cl)Cl. The van der Waals surface area contributed by atoms with Crippen LogP contribution < -0.4 is 0 Å². The molecule has 0 spiro atoms. The summed E-state index contributed by atoms with van der Waals surface area (Å²) < 4.78 is 0. The lowest BCUT2D eigenvalue weighted by atomic mass is 10.5. The van der Waals surface area contributed by atoms with Crippen molar-refractivity contribution in [2.24, 2.45) is 0 Å². The summed E-state index contributed by atoms with van der Waals surface area (Å²) in [6.07, 6.45) is 2.41. The molecule has 0 aromatic rings. The number of halogens is 6. The summed E-state index contributed by atoms with van der Waals surface area (Å²) in [4.78, 5) is 0. The Morgan fingerprint density at radius 1 is 0.917 bits per heavy atom. The highest BCUT2D eigenvalue weighted by Crippen LogP contribution is 2.27. The highest BCUT2D eigenvalue weighted by Gasteiger charge is 2.24. The van der Waals surface area contributed by atoms with Crippen LogP contribution in [0.3, 0.4) is 0 Å². The van der Waals surface area contributed by atoms with E-state index >= 15 is 0 Å². The van der Waals surface area contributed by atoms with E-state index in [-0.39, 0.29) is 0 Å². The number of hydrogen-bond donors (Lipinski definition) is 0. The molecule has 12 heavy (non-hydrogen) atoms. The zero-order valence-corrected chi connectivity index (χ0v) is 12.4. The quantitative estimate of drug-likeness (QED) is 0.516. The van der Waals surface area contributed by atoms with E-state index in [1.807, 2.05) is 0 Å². The molecular formula is C4H6Cl6Si2. The van der Waals surface area contributed by atoms with Crippen LogP contribution in [0.4, 0.5) is 0 Å². The third kappa shape index (κ3) is 11.9. The van der Waals surface area contributed by atoms with Crippen molar-refractivity contribution in [3.63, 3.8) is 0 Å². The van der Waals surface area contributed by atoms with Crippen LogP contribution in [0.2, 0.25) is 6.04 Å². The summed E-state index contributed by atoms with van der Waals surface area (Å²) in [5, 5.41) is 0. The molecule has 0 amide bonds. The van der Waals surface area contributed by atoms with Gasteiger partial charge in [-0.25, -0.2) is 0 Å². The lowest BCUT2D eigenvalue weighted by molar-refractivity contribution is 1.21. The Balaban J connectivity index is 3.64. The average Bonchev–Trinajstić information content (AvgIpc) is 1.76. The molecule has 0 unspecified atom stereocenters. The van der Waals surface area contributed by atoms with Gasteiger partial charge in [-0.3, -0.25) is 0 Å². The number of rotatable bonds is 4. The highest BCUT2D eigenvalue weighted by atomic mass is 35.8. The molecule has 0 aromatic carbocycles. The van der Waals surface area contributed by atoms with Crippen LogP contribution in [0, 0.1) is 0 Å². The van der Waals surface area contributed by atoms with Crippen molar-refractivity contribution in [1.82, 2.24) is 0 Å². The molecule has 0 saturated heterocycles. The molecule has 72 valence electrons. The van der Waals surface area contributed by atoms with Crippen molar-refractivity contribution in [3.8, 4) is 0 Å². The summed E-state index contributed by atoms with van der Waals surface area (Å²) in [7, 11) is 0. The summed E-state index contributed by atoms with van der Waals surface area (Å²) in [6.45, 7) is 0. The van der Waals surface area contributed by atoms with E-state index in [0.29, 0.717) is 12.5 Å². The van der Waals surface area contributed by atoms with E-state index in [0.717, 1.165) is 0 Å². The second-order valence-electron chi connectivity index (χ2n) is 2.10. The Bertz CT molecular complexity index is 156. The first-order chi connectivity index (χ1) is 5.21. The van der Waals surface area contributed by atoms with Crippen LogP contribution in [0.15, 0.2) is 11.8 Å². The van der Waals surface area contributed by atoms with Gasteiger partial charge in [0.2, 0.25) is 0 Å². The predicted octanol–water partition coefficient (Wildman–Crippen LogP) is 4.78. The fourth-order valence-corrected chi connectivity index (χ4v) is 3.18. The zero-order chi connectivity index (χ0) is 9.83. The third-order valence-corrected chi connectivity index (χ3v) is 5.21. The van der Waals surface area contributed by atoms with Gasteiger partial charge in [-0.05, 0) is 12.5 Å². The summed E-state index contributed by atoms with van der Waals surface area (Å²) in [6, 6.07) is -4.57. The van der Waals surface area contributed by atoms with Crippen molar-refractivity contribution < 1.29 is 0 Å². The van der Waals surface area contributed by atoms with E-state index in [4.69, 9.17) is 66.5 Å². The van der Waals surface area contributed by atoms with Crippen LogP contribution in [0.1, 0.15) is 6.42 Å². The number of hydrogen-bond acceptors (Lipinski definition) is 0. The molecule has 0 fully saturated rings. The van der Waals surface area contributed by atoms with Crippen LogP contribution in [-0.2, 0) is 0 Å². The van der Waals surface area contributed by atoms with E-state index in [1.165, 1.54) is 0 Å². The molecule has 0 aliphatic heterocycles. The Labute approximate surface area is 102 Å². The Morgan fingerprint density at radius 3 is 1.75 bits per heavy atom. The molecule has 0 aliphatic rings. The molecule has 0 heterocycles. The third-order valence-electron chi connectivity index (χ3n) is 0.901. The topological polar surface area (TPSA) is 0 Å². The molecule has 0 rings (SSSR count). The van der Waals surface area contributed by atoms with Crippen LogP contribution in [0.25, 0.3) is 0 Å². The van der Waals surface area contributed by atoms with Gasteiger partial charge in [-0.2, -0.15) is 0 Å². The standard InChI is InChI=1S/C4H6Cl6Si2/c5-11(6,7)3-1-2-4-12(8,9)10/h1,3H,2,4H2/b3-1+. The maximum Gasteiger partial charge on any atom is 0.365 e. The summed E-state index contributed by atoms with van der Waals surface area (Å²) in [5.74, 6) is 0. The van der Waals surface area contributed by atoms with Crippen LogP contribution in [0.5, 0.6) is 0 Å². The van der Waals surface area contributed by atoms with Crippen molar-refractivity contribution in [2.45, 2.75) is 12.5 Å². The Morgan fingerprint density at radius 2 is 1.42 bits per heavy atom. The van der Waals surface area contributed by atoms with Gasteiger partial charge in [0.15, 0.2) is 0 Å². The van der Waals surface area contributed by atoms with E-state index < -0.39 is 12.0 Å². The Hall–Kier alpha value is 1.91. The van der Waals surface area contributed by atoms with Gasteiger partial charge in [0, 0.05) is 0 Å². The molecule has 0 nitrogen and oxygen atoms in total. The second-order valence-corrected chi connectivity index (χ2v) is 19.9. The van der Waals surface area contributed by atoms with E-state index in [1.54, 1.807) is 11.8 Å². The maximum atomic E-state index is 5.63. The molecule has 0 aromatic heterocycles. The van der Waals surface area contributed by atoms with E-state index in [2.05, 4.69) is 0 Å². The maximum absolute atomic E-state index is 5.63. The molecule has 0 aliphatic carbocycles. The molecule has 0 N–H and O–H groups in total. The molecular weight excluding hydrogens is 317 g/mol. The average molecular weight is 323 g/mol. The zero-order valence-electron chi connectivity index (χ0n) is 5.84. The molecule has 0 radical (unpaired) electrons. The predicted molar refractivity (Wildman–Crippen MR) is 65.2 cm³/mol. The van der Waals surface area contributed by atoms with Crippen LogP contribution in [-0.4, -0.2) is 12.0 Å².